The number of nitrogens with zero attached hydrogens (tertiary/aromatic N) is 2. The van der Waals surface area contributed by atoms with Crippen LogP contribution in [0, 0.1) is 12.7 Å². The highest BCUT2D eigenvalue weighted by atomic mass is 32.2. The first-order chi connectivity index (χ1) is 7.89. The van der Waals surface area contributed by atoms with Crippen molar-refractivity contribution in [3.63, 3.8) is 0 Å². The second-order valence-corrected chi connectivity index (χ2v) is 5.07. The van der Waals surface area contributed by atoms with E-state index in [0.717, 1.165) is 0 Å². The third kappa shape index (κ3) is 2.20. The van der Waals surface area contributed by atoms with Crippen molar-refractivity contribution in [2.45, 2.75) is 11.9 Å². The van der Waals surface area contributed by atoms with Crippen molar-refractivity contribution in [3.8, 4) is 5.69 Å². The number of halogens is 1. The molecule has 17 heavy (non-hydrogen) atoms. The summed E-state index contributed by atoms with van der Waals surface area (Å²) in [5.74, 6) is -0.393. The zero-order valence-electron chi connectivity index (χ0n) is 8.96. The Balaban J connectivity index is 2.66. The molecule has 2 aromatic rings. The van der Waals surface area contributed by atoms with Crippen LogP contribution in [0.1, 0.15) is 5.56 Å². The lowest BCUT2D eigenvalue weighted by molar-refractivity contribution is 0.587. The molecular weight excluding hydrogens is 245 g/mol. The molecule has 0 amide bonds. The fourth-order valence-electron chi connectivity index (χ4n) is 1.54. The third-order valence-electron chi connectivity index (χ3n) is 2.29. The van der Waals surface area contributed by atoms with Crippen LogP contribution in [-0.4, -0.2) is 18.2 Å². The molecule has 0 atom stereocenters. The van der Waals surface area contributed by atoms with Gasteiger partial charge in [-0.2, -0.15) is 5.10 Å². The summed E-state index contributed by atoms with van der Waals surface area (Å²) in [4.78, 5) is 0. The Kier molecular flexibility index (Phi) is 2.72. The largest absolute Gasteiger partial charge is 0.255 e. The van der Waals surface area contributed by atoms with Crippen LogP contribution in [0.2, 0.25) is 0 Å². The Hall–Kier alpha value is -1.73. The SMILES string of the molecule is Cc1cc(F)ccc1-n1nccc1S(N)(=O)=O. The number of aromatic nitrogens is 2. The lowest BCUT2D eigenvalue weighted by atomic mass is 10.2. The van der Waals surface area contributed by atoms with Crippen LogP contribution >= 0.6 is 0 Å². The van der Waals surface area contributed by atoms with Gasteiger partial charge in [0.15, 0.2) is 5.03 Å². The Bertz CT molecular complexity index is 664. The van der Waals surface area contributed by atoms with Gasteiger partial charge >= 0.3 is 0 Å². The number of aryl methyl sites for hydroxylation is 1. The Morgan fingerprint density at radius 3 is 2.65 bits per heavy atom. The number of primary sulfonamides is 1. The molecule has 0 saturated carbocycles. The summed E-state index contributed by atoms with van der Waals surface area (Å²) in [5, 5.41) is 8.80. The van der Waals surface area contributed by atoms with E-state index in [9.17, 15) is 12.8 Å². The van der Waals surface area contributed by atoms with Gasteiger partial charge in [0.25, 0.3) is 10.0 Å². The lowest BCUT2D eigenvalue weighted by Gasteiger charge is -2.08. The molecule has 0 saturated heterocycles. The van der Waals surface area contributed by atoms with Crippen molar-refractivity contribution in [1.29, 1.82) is 0 Å². The zero-order valence-corrected chi connectivity index (χ0v) is 9.78. The summed E-state index contributed by atoms with van der Waals surface area (Å²) in [6, 6.07) is 5.27. The van der Waals surface area contributed by atoms with Crippen LogP contribution in [0.25, 0.3) is 5.69 Å². The van der Waals surface area contributed by atoms with E-state index < -0.39 is 15.8 Å². The molecular formula is C10H10FN3O2S. The predicted molar refractivity (Wildman–Crippen MR) is 59.6 cm³/mol. The molecule has 0 unspecified atom stereocenters. The number of benzene rings is 1. The number of sulfonamides is 1. The second kappa shape index (κ2) is 3.94. The third-order valence-corrected chi connectivity index (χ3v) is 3.18. The van der Waals surface area contributed by atoms with Crippen LogP contribution in [0.15, 0.2) is 35.5 Å². The molecule has 2 N–H and O–H groups in total. The second-order valence-electron chi connectivity index (χ2n) is 3.56. The molecule has 0 fully saturated rings. The normalized spacial score (nSPS) is 11.7. The summed E-state index contributed by atoms with van der Waals surface area (Å²) in [7, 11) is -3.86. The van der Waals surface area contributed by atoms with Gasteiger partial charge in [0.2, 0.25) is 0 Å². The van der Waals surface area contributed by atoms with Crippen LogP contribution in [0.3, 0.4) is 0 Å². The monoisotopic (exact) mass is 255 g/mol. The molecule has 1 heterocycles. The van der Waals surface area contributed by atoms with Gasteiger partial charge in [-0.05, 0) is 36.8 Å². The standard InChI is InChI=1S/C10H10FN3O2S/c1-7-6-8(11)2-3-9(7)14-10(4-5-13-14)17(12,15)16/h2-6H,1H3,(H2,12,15,16). The summed E-state index contributed by atoms with van der Waals surface area (Å²) in [6.07, 6.45) is 1.32. The van der Waals surface area contributed by atoms with Gasteiger partial charge in [0.1, 0.15) is 5.82 Å². The van der Waals surface area contributed by atoms with Gasteiger partial charge in [-0.3, -0.25) is 0 Å². The van der Waals surface area contributed by atoms with E-state index in [1.807, 2.05) is 0 Å². The van der Waals surface area contributed by atoms with Gasteiger partial charge in [0, 0.05) is 0 Å². The van der Waals surface area contributed by atoms with Gasteiger partial charge in [0.05, 0.1) is 11.9 Å². The van der Waals surface area contributed by atoms with Crippen LogP contribution < -0.4 is 5.14 Å². The van der Waals surface area contributed by atoms with E-state index >= 15 is 0 Å². The molecule has 7 heteroatoms. The fourth-order valence-corrected chi connectivity index (χ4v) is 2.18. The molecule has 0 aliphatic carbocycles. The van der Waals surface area contributed by atoms with E-state index in [1.54, 1.807) is 6.92 Å². The first kappa shape index (κ1) is 11.7. The van der Waals surface area contributed by atoms with Crippen molar-refractivity contribution in [2.75, 3.05) is 0 Å². The maximum absolute atomic E-state index is 13.0. The lowest BCUT2D eigenvalue weighted by Crippen LogP contribution is -2.17. The highest BCUT2D eigenvalue weighted by Gasteiger charge is 2.16. The molecule has 2 rings (SSSR count). The van der Waals surface area contributed by atoms with Crippen LogP contribution in [0.5, 0.6) is 0 Å². The van der Waals surface area contributed by atoms with Crippen molar-refractivity contribution in [1.82, 2.24) is 9.78 Å². The van der Waals surface area contributed by atoms with Gasteiger partial charge in [-0.15, -0.1) is 0 Å². The average molecular weight is 255 g/mol. The minimum atomic E-state index is -3.86. The van der Waals surface area contributed by atoms with Crippen molar-refractivity contribution >= 4 is 10.0 Å². The first-order valence-electron chi connectivity index (χ1n) is 4.73. The number of nitrogens with two attached hydrogens (primary N) is 1. The number of rotatable bonds is 2. The summed E-state index contributed by atoms with van der Waals surface area (Å²) < 4.78 is 36.7. The molecule has 0 radical (unpaired) electrons. The van der Waals surface area contributed by atoms with Gasteiger partial charge in [-0.25, -0.2) is 22.6 Å². The van der Waals surface area contributed by atoms with Crippen molar-refractivity contribution in [2.24, 2.45) is 5.14 Å². The van der Waals surface area contributed by atoms with E-state index in [1.165, 1.54) is 35.1 Å². The smallest absolute Gasteiger partial charge is 0.223 e. The highest BCUT2D eigenvalue weighted by molar-refractivity contribution is 7.89. The summed E-state index contributed by atoms with van der Waals surface area (Å²) in [6.45, 7) is 1.66. The molecule has 0 aliphatic rings. The number of hydrogen-bond acceptors (Lipinski definition) is 3. The van der Waals surface area contributed by atoms with Crippen LogP contribution in [-0.2, 0) is 10.0 Å². The van der Waals surface area contributed by atoms with E-state index in [-0.39, 0.29) is 5.03 Å². The fraction of sp³-hybridized carbons (Fsp3) is 0.100. The molecule has 0 bridgehead atoms. The summed E-state index contributed by atoms with van der Waals surface area (Å²) >= 11 is 0. The molecule has 90 valence electrons. The molecule has 1 aromatic carbocycles. The first-order valence-corrected chi connectivity index (χ1v) is 6.27. The minimum absolute atomic E-state index is 0.132. The summed E-state index contributed by atoms with van der Waals surface area (Å²) in [5.41, 5.74) is 1.04. The van der Waals surface area contributed by atoms with Crippen LogP contribution in [0.4, 0.5) is 4.39 Å². The van der Waals surface area contributed by atoms with E-state index in [2.05, 4.69) is 5.10 Å². The Labute approximate surface area is 97.7 Å². The van der Waals surface area contributed by atoms with E-state index in [0.29, 0.717) is 11.3 Å². The maximum atomic E-state index is 13.0. The Morgan fingerprint density at radius 2 is 2.06 bits per heavy atom. The zero-order chi connectivity index (χ0) is 12.6. The maximum Gasteiger partial charge on any atom is 0.255 e. The topological polar surface area (TPSA) is 78.0 Å². The predicted octanol–water partition coefficient (Wildman–Crippen LogP) is 0.967. The van der Waals surface area contributed by atoms with Crippen molar-refractivity contribution < 1.29 is 12.8 Å². The highest BCUT2D eigenvalue weighted by Crippen LogP contribution is 2.18. The molecule has 0 spiro atoms. The minimum Gasteiger partial charge on any atom is -0.223 e. The van der Waals surface area contributed by atoms with Crippen molar-refractivity contribution in [3.05, 3.63) is 41.8 Å². The Morgan fingerprint density at radius 1 is 1.35 bits per heavy atom. The van der Waals surface area contributed by atoms with E-state index in [4.69, 9.17) is 5.14 Å². The van der Waals surface area contributed by atoms with Gasteiger partial charge < -0.3 is 0 Å². The van der Waals surface area contributed by atoms with Gasteiger partial charge in [-0.1, -0.05) is 0 Å². The molecule has 1 aromatic heterocycles. The molecule has 5 nitrogen and oxygen atoms in total. The quantitative estimate of drug-likeness (QED) is 0.868. The number of hydrogen-bond donors (Lipinski definition) is 1. The molecule has 0 aliphatic heterocycles. The average Bonchev–Trinajstić information content (AvgIpc) is 2.65.